The fraction of sp³-hybridized carbons (Fsp3) is 0.538. The van der Waals surface area contributed by atoms with Crippen molar-refractivity contribution < 1.29 is 9.53 Å². The smallest absolute Gasteiger partial charge is 0.310 e. The number of rotatable bonds is 3. The highest BCUT2D eigenvalue weighted by Gasteiger charge is 2.12. The number of nitrogens with zero attached hydrogens (tertiary/aromatic N) is 1. The molecule has 0 aromatic heterocycles. The van der Waals surface area contributed by atoms with Crippen LogP contribution in [0.1, 0.15) is 34.1 Å². The highest BCUT2D eigenvalue weighted by Crippen LogP contribution is 2.17. The fourth-order valence-electron chi connectivity index (χ4n) is 1.34. The largest absolute Gasteiger partial charge is 0.426 e. The number of allylic oxidation sites excluding steroid dienone is 2. The van der Waals surface area contributed by atoms with Gasteiger partial charge in [-0.3, -0.25) is 9.79 Å². The molecule has 1 rings (SSSR count). The Balaban J connectivity index is 2.92. The van der Waals surface area contributed by atoms with E-state index in [9.17, 15) is 4.79 Å². The minimum absolute atomic E-state index is 0.205. The van der Waals surface area contributed by atoms with Crippen molar-refractivity contribution in [3.63, 3.8) is 0 Å². The summed E-state index contributed by atoms with van der Waals surface area (Å²) in [5, 5.41) is 0. The van der Waals surface area contributed by atoms with E-state index < -0.39 is 0 Å². The molecule has 0 radical (unpaired) electrons. The Morgan fingerprint density at radius 1 is 1.56 bits per heavy atom. The predicted molar refractivity (Wildman–Crippen MR) is 65.4 cm³/mol. The summed E-state index contributed by atoms with van der Waals surface area (Å²) in [6.07, 6.45) is 4.24. The molecule has 0 spiro atoms. The molecular formula is C13H19NO2. The SMILES string of the molecule is CCC(=O)OC1=CC(C(C)C)=NCC=C1C. The summed E-state index contributed by atoms with van der Waals surface area (Å²) < 4.78 is 5.29. The summed E-state index contributed by atoms with van der Waals surface area (Å²) in [6, 6.07) is 0. The maximum atomic E-state index is 11.3. The average molecular weight is 221 g/mol. The molecule has 0 atom stereocenters. The molecule has 0 aliphatic carbocycles. The van der Waals surface area contributed by atoms with Crippen LogP contribution in [0.5, 0.6) is 0 Å². The van der Waals surface area contributed by atoms with Gasteiger partial charge in [-0.25, -0.2) is 0 Å². The molecule has 0 saturated heterocycles. The monoisotopic (exact) mass is 221 g/mol. The lowest BCUT2D eigenvalue weighted by molar-refractivity contribution is -0.138. The number of carbonyl (C=O) groups is 1. The average Bonchev–Trinajstić information content (AvgIpc) is 2.41. The summed E-state index contributed by atoms with van der Waals surface area (Å²) >= 11 is 0. The fourth-order valence-corrected chi connectivity index (χ4v) is 1.34. The molecule has 0 amide bonds. The van der Waals surface area contributed by atoms with Gasteiger partial charge < -0.3 is 4.74 Å². The topological polar surface area (TPSA) is 38.7 Å². The summed E-state index contributed by atoms with van der Waals surface area (Å²) in [5.41, 5.74) is 1.95. The van der Waals surface area contributed by atoms with Crippen LogP contribution in [0.15, 0.2) is 28.5 Å². The molecule has 3 nitrogen and oxygen atoms in total. The van der Waals surface area contributed by atoms with Crippen LogP contribution < -0.4 is 0 Å². The minimum Gasteiger partial charge on any atom is -0.426 e. The van der Waals surface area contributed by atoms with Gasteiger partial charge in [-0.15, -0.1) is 0 Å². The van der Waals surface area contributed by atoms with Crippen molar-refractivity contribution in [2.24, 2.45) is 10.9 Å². The molecule has 0 N–H and O–H groups in total. The number of carbonyl (C=O) groups excluding carboxylic acids is 1. The predicted octanol–water partition coefficient (Wildman–Crippen LogP) is 2.88. The number of aliphatic imine (C=N–C) groups is 1. The number of esters is 1. The van der Waals surface area contributed by atoms with Crippen molar-refractivity contribution in [2.75, 3.05) is 6.54 Å². The molecule has 1 aliphatic rings. The van der Waals surface area contributed by atoms with E-state index in [1.54, 1.807) is 6.92 Å². The van der Waals surface area contributed by atoms with Crippen molar-refractivity contribution in [3.8, 4) is 0 Å². The minimum atomic E-state index is -0.205. The molecule has 1 aliphatic heterocycles. The maximum Gasteiger partial charge on any atom is 0.310 e. The van der Waals surface area contributed by atoms with Gasteiger partial charge in [0.2, 0.25) is 0 Å². The molecule has 1 heterocycles. The third-order valence-corrected chi connectivity index (χ3v) is 2.44. The zero-order valence-corrected chi connectivity index (χ0v) is 10.4. The Bertz CT molecular complexity index is 362. The van der Waals surface area contributed by atoms with Crippen molar-refractivity contribution in [1.82, 2.24) is 0 Å². The first-order valence-corrected chi connectivity index (χ1v) is 5.68. The lowest BCUT2D eigenvalue weighted by atomic mass is 10.1. The van der Waals surface area contributed by atoms with Crippen LogP contribution in [0, 0.1) is 5.92 Å². The van der Waals surface area contributed by atoms with E-state index in [2.05, 4.69) is 18.8 Å². The molecule has 16 heavy (non-hydrogen) atoms. The normalized spacial score (nSPS) is 16.2. The van der Waals surface area contributed by atoms with E-state index >= 15 is 0 Å². The standard InChI is InChI=1S/C13H19NO2/c1-5-13(15)16-12-8-11(9(2)3)14-7-6-10(12)4/h6,8-9H,5,7H2,1-4H3. The van der Waals surface area contributed by atoms with Gasteiger partial charge in [0.05, 0.1) is 6.54 Å². The Morgan fingerprint density at radius 2 is 2.25 bits per heavy atom. The second kappa shape index (κ2) is 5.64. The van der Waals surface area contributed by atoms with Crippen LogP contribution in [-0.2, 0) is 9.53 Å². The van der Waals surface area contributed by atoms with E-state index in [1.165, 1.54) is 0 Å². The van der Waals surface area contributed by atoms with Gasteiger partial charge in [0.15, 0.2) is 0 Å². The van der Waals surface area contributed by atoms with Crippen molar-refractivity contribution in [3.05, 3.63) is 23.5 Å². The first-order valence-electron chi connectivity index (χ1n) is 5.68. The molecule has 0 aromatic rings. The third kappa shape index (κ3) is 3.33. The number of hydrogen-bond acceptors (Lipinski definition) is 3. The first kappa shape index (κ1) is 12.7. The zero-order valence-electron chi connectivity index (χ0n) is 10.4. The summed E-state index contributed by atoms with van der Waals surface area (Å²) in [4.78, 5) is 15.7. The van der Waals surface area contributed by atoms with Crippen LogP contribution in [0.25, 0.3) is 0 Å². The molecule has 0 bridgehead atoms. The van der Waals surface area contributed by atoms with Gasteiger partial charge >= 0.3 is 5.97 Å². The van der Waals surface area contributed by atoms with E-state index in [1.807, 2.05) is 19.1 Å². The number of ether oxygens (including phenoxy) is 1. The molecule has 88 valence electrons. The highest BCUT2D eigenvalue weighted by atomic mass is 16.5. The maximum absolute atomic E-state index is 11.3. The number of hydrogen-bond donors (Lipinski definition) is 0. The Morgan fingerprint density at radius 3 is 2.81 bits per heavy atom. The van der Waals surface area contributed by atoms with E-state index in [0.717, 1.165) is 11.3 Å². The summed E-state index contributed by atoms with van der Waals surface area (Å²) in [7, 11) is 0. The van der Waals surface area contributed by atoms with Crippen LogP contribution >= 0.6 is 0 Å². The van der Waals surface area contributed by atoms with Gasteiger partial charge in [-0.2, -0.15) is 0 Å². The molecular weight excluding hydrogens is 202 g/mol. The van der Waals surface area contributed by atoms with Crippen LogP contribution in [0.4, 0.5) is 0 Å². The van der Waals surface area contributed by atoms with E-state index in [4.69, 9.17) is 4.74 Å². The molecule has 0 aromatic carbocycles. The van der Waals surface area contributed by atoms with E-state index in [-0.39, 0.29) is 5.97 Å². The van der Waals surface area contributed by atoms with Gasteiger partial charge in [0.25, 0.3) is 0 Å². The lowest BCUT2D eigenvalue weighted by Gasteiger charge is -2.09. The lowest BCUT2D eigenvalue weighted by Crippen LogP contribution is -2.08. The Labute approximate surface area is 96.9 Å². The molecule has 3 heteroatoms. The Hall–Kier alpha value is -1.38. The van der Waals surface area contributed by atoms with Gasteiger partial charge in [-0.05, 0) is 18.4 Å². The van der Waals surface area contributed by atoms with Crippen LogP contribution in [0.2, 0.25) is 0 Å². The zero-order chi connectivity index (χ0) is 12.1. The molecule has 0 saturated carbocycles. The van der Waals surface area contributed by atoms with Gasteiger partial charge in [0, 0.05) is 18.2 Å². The van der Waals surface area contributed by atoms with E-state index in [0.29, 0.717) is 24.6 Å². The van der Waals surface area contributed by atoms with Crippen LogP contribution in [-0.4, -0.2) is 18.2 Å². The van der Waals surface area contributed by atoms with Crippen molar-refractivity contribution in [2.45, 2.75) is 34.1 Å². The van der Waals surface area contributed by atoms with Crippen molar-refractivity contribution >= 4 is 11.7 Å². The van der Waals surface area contributed by atoms with Crippen molar-refractivity contribution in [1.29, 1.82) is 0 Å². The second-order valence-corrected chi connectivity index (χ2v) is 4.14. The molecule has 0 unspecified atom stereocenters. The first-order chi connectivity index (χ1) is 7.54. The third-order valence-electron chi connectivity index (χ3n) is 2.44. The quantitative estimate of drug-likeness (QED) is 0.687. The summed E-state index contributed by atoms with van der Waals surface area (Å²) in [5.74, 6) is 0.774. The van der Waals surface area contributed by atoms with Gasteiger partial charge in [0.1, 0.15) is 5.76 Å². The summed E-state index contributed by atoms with van der Waals surface area (Å²) in [6.45, 7) is 8.54. The molecule has 0 fully saturated rings. The van der Waals surface area contributed by atoms with Crippen LogP contribution in [0.3, 0.4) is 0 Å². The second-order valence-electron chi connectivity index (χ2n) is 4.14. The Kier molecular flexibility index (Phi) is 4.47. The highest BCUT2D eigenvalue weighted by molar-refractivity contribution is 5.98. The van der Waals surface area contributed by atoms with Gasteiger partial charge in [-0.1, -0.05) is 26.8 Å².